The van der Waals surface area contributed by atoms with Gasteiger partial charge in [0.1, 0.15) is 11.5 Å². The molecule has 2 aromatic carbocycles. The van der Waals surface area contributed by atoms with E-state index in [0.717, 1.165) is 11.5 Å². The van der Waals surface area contributed by atoms with Crippen LogP contribution in [0.5, 0.6) is 11.5 Å². The minimum absolute atomic E-state index is 0.186. The molecule has 0 fully saturated rings. The maximum atomic E-state index is 9.86. The lowest BCUT2D eigenvalue weighted by Crippen LogP contribution is -2.25. The van der Waals surface area contributed by atoms with Gasteiger partial charge < -0.3 is 9.84 Å². The Morgan fingerprint density at radius 1 is 0.950 bits per heavy atom. The average molecular weight is 268 g/mol. The number of hydrogen-bond acceptors (Lipinski definition) is 2. The number of aliphatic hydroxyl groups is 1. The van der Waals surface area contributed by atoms with E-state index in [1.54, 1.807) is 0 Å². The van der Waals surface area contributed by atoms with Gasteiger partial charge in [0.2, 0.25) is 0 Å². The predicted octanol–water partition coefficient (Wildman–Crippen LogP) is 4.19. The summed E-state index contributed by atoms with van der Waals surface area (Å²) in [6.07, 6.45) is 0. The van der Waals surface area contributed by atoms with E-state index in [9.17, 15) is 5.11 Å². The van der Waals surface area contributed by atoms with Crippen LogP contribution in [-0.4, -0.2) is 11.7 Å². The lowest BCUT2D eigenvalue weighted by atomic mass is 9.74. The van der Waals surface area contributed by atoms with Gasteiger partial charge in [0, 0.05) is 23.7 Å². The standard InChI is InChI=1S/C18H20O2/c1-12(2)15(11-19)18-13-7-3-5-9-16(13)20-17-10-6-4-8-14(17)18/h3-10,12,15,18-19H,11H2,1-2H3/t15-/m1/s1. The summed E-state index contributed by atoms with van der Waals surface area (Å²) in [6, 6.07) is 16.3. The van der Waals surface area contributed by atoms with Crippen LogP contribution in [0.4, 0.5) is 0 Å². The third kappa shape index (κ3) is 2.10. The van der Waals surface area contributed by atoms with Crippen molar-refractivity contribution in [1.82, 2.24) is 0 Å². The van der Waals surface area contributed by atoms with E-state index in [0.29, 0.717) is 5.92 Å². The summed E-state index contributed by atoms with van der Waals surface area (Å²) >= 11 is 0. The fourth-order valence-corrected chi connectivity index (χ4v) is 3.11. The Kier molecular flexibility index (Phi) is 3.49. The summed E-state index contributed by atoms with van der Waals surface area (Å²) in [5.74, 6) is 2.62. The van der Waals surface area contributed by atoms with E-state index in [2.05, 4.69) is 26.0 Å². The number of hydrogen-bond donors (Lipinski definition) is 1. The van der Waals surface area contributed by atoms with E-state index in [4.69, 9.17) is 4.74 Å². The summed E-state index contributed by atoms with van der Waals surface area (Å²) in [6.45, 7) is 4.52. The van der Waals surface area contributed by atoms with E-state index in [1.165, 1.54) is 11.1 Å². The molecule has 20 heavy (non-hydrogen) atoms. The molecule has 0 unspecified atom stereocenters. The molecule has 1 atom stereocenters. The Morgan fingerprint density at radius 3 is 1.90 bits per heavy atom. The van der Waals surface area contributed by atoms with Gasteiger partial charge in [0.25, 0.3) is 0 Å². The summed E-state index contributed by atoms with van der Waals surface area (Å²) < 4.78 is 6.00. The molecule has 2 aromatic rings. The van der Waals surface area contributed by atoms with E-state index < -0.39 is 0 Å². The summed E-state index contributed by atoms with van der Waals surface area (Å²) in [7, 11) is 0. The van der Waals surface area contributed by atoms with Crippen LogP contribution < -0.4 is 4.74 Å². The van der Waals surface area contributed by atoms with Crippen molar-refractivity contribution in [2.24, 2.45) is 11.8 Å². The lowest BCUT2D eigenvalue weighted by Gasteiger charge is -2.35. The molecular weight excluding hydrogens is 248 g/mol. The molecule has 1 aliphatic heterocycles. The van der Waals surface area contributed by atoms with Gasteiger partial charge in [0.15, 0.2) is 0 Å². The average Bonchev–Trinajstić information content (AvgIpc) is 2.47. The van der Waals surface area contributed by atoms with Gasteiger partial charge >= 0.3 is 0 Å². The van der Waals surface area contributed by atoms with Crippen LogP contribution in [0.25, 0.3) is 0 Å². The van der Waals surface area contributed by atoms with E-state index in [1.807, 2.05) is 36.4 Å². The molecule has 0 bridgehead atoms. The molecule has 2 nitrogen and oxygen atoms in total. The zero-order chi connectivity index (χ0) is 14.1. The molecule has 0 aromatic heterocycles. The molecule has 0 saturated heterocycles. The number of aliphatic hydroxyl groups excluding tert-OH is 1. The van der Waals surface area contributed by atoms with Crippen LogP contribution in [0.2, 0.25) is 0 Å². The Morgan fingerprint density at radius 2 is 1.45 bits per heavy atom. The third-order valence-electron chi connectivity index (χ3n) is 4.22. The first-order valence-corrected chi connectivity index (χ1v) is 7.19. The monoisotopic (exact) mass is 268 g/mol. The number of rotatable bonds is 3. The first-order chi connectivity index (χ1) is 9.72. The maximum Gasteiger partial charge on any atom is 0.131 e. The molecule has 0 radical (unpaired) electrons. The normalized spacial score (nSPS) is 15.4. The van der Waals surface area contributed by atoms with Crippen molar-refractivity contribution in [3.8, 4) is 11.5 Å². The molecular formula is C18H20O2. The summed E-state index contributed by atoms with van der Waals surface area (Å²) in [4.78, 5) is 0. The highest BCUT2D eigenvalue weighted by molar-refractivity contribution is 5.53. The van der Waals surface area contributed by atoms with Crippen molar-refractivity contribution in [1.29, 1.82) is 0 Å². The van der Waals surface area contributed by atoms with Gasteiger partial charge in [-0.3, -0.25) is 0 Å². The van der Waals surface area contributed by atoms with Crippen LogP contribution in [0.1, 0.15) is 30.9 Å². The molecule has 1 heterocycles. The minimum Gasteiger partial charge on any atom is -0.457 e. The van der Waals surface area contributed by atoms with E-state index in [-0.39, 0.29) is 18.4 Å². The Hall–Kier alpha value is -1.80. The zero-order valence-electron chi connectivity index (χ0n) is 11.9. The van der Waals surface area contributed by atoms with Crippen molar-refractivity contribution in [3.05, 3.63) is 59.7 Å². The summed E-state index contributed by atoms with van der Waals surface area (Å²) in [5.41, 5.74) is 2.36. The van der Waals surface area contributed by atoms with Crippen molar-refractivity contribution in [2.75, 3.05) is 6.61 Å². The minimum atomic E-state index is 0.186. The second-order valence-electron chi connectivity index (χ2n) is 5.75. The molecule has 2 heteroatoms. The Balaban J connectivity index is 2.17. The molecule has 0 aliphatic carbocycles. The molecule has 0 amide bonds. The highest BCUT2D eigenvalue weighted by atomic mass is 16.5. The van der Waals surface area contributed by atoms with Gasteiger partial charge in [-0.15, -0.1) is 0 Å². The Bertz CT molecular complexity index is 558. The van der Waals surface area contributed by atoms with Crippen molar-refractivity contribution >= 4 is 0 Å². The van der Waals surface area contributed by atoms with Crippen LogP contribution in [0, 0.1) is 11.8 Å². The lowest BCUT2D eigenvalue weighted by molar-refractivity contribution is 0.171. The highest BCUT2D eigenvalue weighted by Crippen LogP contribution is 2.48. The van der Waals surface area contributed by atoms with Gasteiger partial charge in [-0.1, -0.05) is 50.2 Å². The van der Waals surface area contributed by atoms with Gasteiger partial charge in [-0.05, 0) is 24.0 Å². The van der Waals surface area contributed by atoms with Crippen molar-refractivity contribution in [3.63, 3.8) is 0 Å². The van der Waals surface area contributed by atoms with Crippen molar-refractivity contribution in [2.45, 2.75) is 19.8 Å². The predicted molar refractivity (Wildman–Crippen MR) is 80.2 cm³/mol. The first-order valence-electron chi connectivity index (χ1n) is 7.19. The van der Waals surface area contributed by atoms with Crippen molar-refractivity contribution < 1.29 is 9.84 Å². The second kappa shape index (κ2) is 5.29. The topological polar surface area (TPSA) is 29.5 Å². The number of fused-ring (bicyclic) bond motifs is 2. The van der Waals surface area contributed by atoms with Crippen LogP contribution in [0.3, 0.4) is 0 Å². The van der Waals surface area contributed by atoms with Gasteiger partial charge in [0.05, 0.1) is 0 Å². The number of ether oxygens (including phenoxy) is 1. The van der Waals surface area contributed by atoms with Crippen LogP contribution in [0.15, 0.2) is 48.5 Å². The molecule has 0 spiro atoms. The molecule has 104 valence electrons. The van der Waals surface area contributed by atoms with Gasteiger partial charge in [-0.2, -0.15) is 0 Å². The first kappa shape index (κ1) is 13.2. The molecule has 1 N–H and O–H groups in total. The van der Waals surface area contributed by atoms with Crippen LogP contribution >= 0.6 is 0 Å². The van der Waals surface area contributed by atoms with E-state index >= 15 is 0 Å². The quantitative estimate of drug-likeness (QED) is 0.904. The molecule has 0 saturated carbocycles. The fourth-order valence-electron chi connectivity index (χ4n) is 3.11. The SMILES string of the molecule is CC(C)[C@@H](CO)C1c2ccccc2Oc2ccccc21. The smallest absolute Gasteiger partial charge is 0.131 e. The molecule has 3 rings (SSSR count). The maximum absolute atomic E-state index is 9.86. The second-order valence-corrected chi connectivity index (χ2v) is 5.75. The highest BCUT2D eigenvalue weighted by Gasteiger charge is 2.34. The third-order valence-corrected chi connectivity index (χ3v) is 4.22. The molecule has 1 aliphatic rings. The number of para-hydroxylation sites is 2. The van der Waals surface area contributed by atoms with Gasteiger partial charge in [-0.25, -0.2) is 0 Å². The zero-order valence-corrected chi connectivity index (χ0v) is 11.9. The summed E-state index contributed by atoms with van der Waals surface area (Å²) in [5, 5.41) is 9.86. The van der Waals surface area contributed by atoms with Crippen LogP contribution in [-0.2, 0) is 0 Å². The Labute approximate surface area is 120 Å². The largest absolute Gasteiger partial charge is 0.457 e. The fraction of sp³-hybridized carbons (Fsp3) is 0.333. The number of benzene rings is 2.